The molecule has 1 aromatic heterocycles. The second-order valence-electron chi connectivity index (χ2n) is 3.10. The maximum Gasteiger partial charge on any atom is 0.229 e. The van der Waals surface area contributed by atoms with Crippen molar-refractivity contribution < 1.29 is 4.79 Å². The molecule has 14 heavy (non-hydrogen) atoms. The topological polar surface area (TPSA) is 49.0 Å². The van der Waals surface area contributed by atoms with Gasteiger partial charge in [-0.25, -0.2) is 0 Å². The molecule has 2 rings (SSSR count). The number of amides is 1. The smallest absolute Gasteiger partial charge is 0.229 e. The van der Waals surface area contributed by atoms with E-state index >= 15 is 0 Å². The summed E-state index contributed by atoms with van der Waals surface area (Å²) in [5.41, 5.74) is 0. The Morgan fingerprint density at radius 2 is 2.57 bits per heavy atom. The zero-order valence-electron chi connectivity index (χ0n) is 7.40. The zero-order valence-corrected chi connectivity index (χ0v) is 9.03. The summed E-state index contributed by atoms with van der Waals surface area (Å²) in [5, 5.41) is 7.30. The molecule has 6 heteroatoms. The van der Waals surface area contributed by atoms with Gasteiger partial charge in [0.25, 0.3) is 0 Å². The average Bonchev–Trinajstić information content (AvgIpc) is 2.71. The molecule has 0 aromatic carbocycles. The van der Waals surface area contributed by atoms with Crippen LogP contribution in [0, 0.1) is 9.87 Å². The van der Waals surface area contributed by atoms with E-state index < -0.39 is 0 Å². The molecule has 0 radical (unpaired) electrons. The normalized spacial score (nSPS) is 21.6. The molecule has 74 valence electrons. The van der Waals surface area contributed by atoms with Crippen LogP contribution in [0.2, 0.25) is 0 Å². The lowest BCUT2D eigenvalue weighted by molar-refractivity contribution is -0.117. The third-order valence-electron chi connectivity index (χ3n) is 2.15. The molecule has 1 aliphatic rings. The van der Waals surface area contributed by atoms with Crippen molar-refractivity contribution in [1.82, 2.24) is 10.2 Å². The summed E-state index contributed by atoms with van der Waals surface area (Å²) in [6.07, 6.45) is 2.33. The highest BCUT2D eigenvalue weighted by molar-refractivity contribution is 7.73. The molecule has 4 nitrogen and oxygen atoms in total. The third kappa shape index (κ3) is 1.62. The monoisotopic (exact) mass is 227 g/mol. The van der Waals surface area contributed by atoms with Gasteiger partial charge in [0.05, 0.1) is 0 Å². The molecule has 1 saturated heterocycles. The number of anilines is 1. The minimum absolute atomic E-state index is 0.0904. The lowest BCUT2D eigenvalue weighted by Crippen LogP contribution is -2.24. The van der Waals surface area contributed by atoms with E-state index in [1.54, 1.807) is 4.90 Å². The van der Waals surface area contributed by atoms with Crippen molar-refractivity contribution in [2.24, 2.45) is 5.92 Å². The molecular formula is C8H9N3OS2. The molecule has 1 unspecified atom stereocenters. The predicted octanol–water partition coefficient (Wildman–Crippen LogP) is 1.74. The predicted molar refractivity (Wildman–Crippen MR) is 58.0 cm³/mol. The van der Waals surface area contributed by atoms with Crippen molar-refractivity contribution in [3.8, 4) is 0 Å². The van der Waals surface area contributed by atoms with Gasteiger partial charge < -0.3 is 0 Å². The van der Waals surface area contributed by atoms with Crippen LogP contribution < -0.4 is 4.90 Å². The summed E-state index contributed by atoms with van der Waals surface area (Å²) in [4.78, 5) is 13.2. The Morgan fingerprint density at radius 3 is 3.07 bits per heavy atom. The number of rotatable bonds is 2. The van der Waals surface area contributed by atoms with Crippen LogP contribution in [0.3, 0.4) is 0 Å². The van der Waals surface area contributed by atoms with E-state index in [1.807, 2.05) is 6.08 Å². The van der Waals surface area contributed by atoms with Gasteiger partial charge in [-0.15, -0.1) is 11.7 Å². The largest absolute Gasteiger partial charge is 0.286 e. The second kappa shape index (κ2) is 3.62. The highest BCUT2D eigenvalue weighted by Crippen LogP contribution is 2.26. The molecule has 1 fully saturated rings. The molecule has 1 atom stereocenters. The number of aromatic amines is 1. The van der Waals surface area contributed by atoms with Crippen molar-refractivity contribution in [3.63, 3.8) is 0 Å². The van der Waals surface area contributed by atoms with Crippen LogP contribution in [0.25, 0.3) is 0 Å². The lowest BCUT2D eigenvalue weighted by atomic mass is 10.1. The number of hydrogen-bond acceptors (Lipinski definition) is 4. The average molecular weight is 227 g/mol. The fraction of sp³-hybridized carbons (Fsp3) is 0.375. The van der Waals surface area contributed by atoms with E-state index in [4.69, 9.17) is 12.2 Å². The van der Waals surface area contributed by atoms with Crippen LogP contribution in [0.5, 0.6) is 0 Å². The van der Waals surface area contributed by atoms with Gasteiger partial charge in [0.15, 0.2) is 3.95 Å². The summed E-state index contributed by atoms with van der Waals surface area (Å²) in [5.74, 6) is 0.327. The van der Waals surface area contributed by atoms with Crippen LogP contribution >= 0.6 is 23.6 Å². The zero-order chi connectivity index (χ0) is 10.1. The third-order valence-corrected chi connectivity index (χ3v) is 3.26. The number of carbonyl (C=O) groups is 1. The molecule has 0 aliphatic carbocycles. The number of H-pyrrole nitrogens is 1. The molecular weight excluding hydrogens is 218 g/mol. The first-order valence-electron chi connectivity index (χ1n) is 4.19. The van der Waals surface area contributed by atoms with Gasteiger partial charge in [0, 0.05) is 18.9 Å². The maximum atomic E-state index is 11.6. The van der Waals surface area contributed by atoms with Gasteiger partial charge >= 0.3 is 0 Å². The van der Waals surface area contributed by atoms with Crippen molar-refractivity contribution in [3.05, 3.63) is 16.6 Å². The van der Waals surface area contributed by atoms with E-state index in [0.717, 1.165) is 0 Å². The Bertz CT molecular complexity index is 422. The molecule has 0 bridgehead atoms. The number of nitrogens with zero attached hydrogens (tertiary/aromatic N) is 2. The van der Waals surface area contributed by atoms with Gasteiger partial charge in [0.1, 0.15) is 0 Å². The van der Waals surface area contributed by atoms with Crippen LogP contribution in [-0.2, 0) is 4.79 Å². The van der Waals surface area contributed by atoms with Crippen molar-refractivity contribution in [1.29, 1.82) is 0 Å². The van der Waals surface area contributed by atoms with Crippen molar-refractivity contribution in [2.75, 3.05) is 11.4 Å². The summed E-state index contributed by atoms with van der Waals surface area (Å²) in [7, 11) is 0. The van der Waals surface area contributed by atoms with E-state index in [-0.39, 0.29) is 11.8 Å². The molecule has 0 spiro atoms. The van der Waals surface area contributed by atoms with Crippen molar-refractivity contribution >= 4 is 34.6 Å². The fourth-order valence-corrected chi connectivity index (χ4v) is 2.32. The first kappa shape index (κ1) is 9.54. The quantitative estimate of drug-likeness (QED) is 0.618. The van der Waals surface area contributed by atoms with Gasteiger partial charge in [0.2, 0.25) is 11.0 Å². The Balaban J connectivity index is 2.24. The second-order valence-corrected chi connectivity index (χ2v) is 4.74. The van der Waals surface area contributed by atoms with Crippen molar-refractivity contribution in [2.45, 2.75) is 6.42 Å². The Kier molecular flexibility index (Phi) is 2.47. The molecule has 0 saturated carbocycles. The van der Waals surface area contributed by atoms with Crippen LogP contribution in [0.1, 0.15) is 6.42 Å². The highest BCUT2D eigenvalue weighted by atomic mass is 32.1. The number of aromatic nitrogens is 2. The number of hydrogen-bond donors (Lipinski definition) is 1. The summed E-state index contributed by atoms with van der Waals surface area (Å²) < 4.78 is 0.592. The minimum atomic E-state index is 0.0904. The molecule has 2 heterocycles. The SMILES string of the molecule is C=CC1CC(=O)N(c2n[nH]c(=S)s2)C1. The summed E-state index contributed by atoms with van der Waals surface area (Å²) >= 11 is 6.23. The maximum absolute atomic E-state index is 11.6. The minimum Gasteiger partial charge on any atom is -0.286 e. The summed E-state index contributed by atoms with van der Waals surface area (Å²) in [6.45, 7) is 4.35. The van der Waals surface area contributed by atoms with Gasteiger partial charge in [-0.05, 0) is 12.2 Å². The van der Waals surface area contributed by atoms with E-state index in [1.165, 1.54) is 11.3 Å². The first-order chi connectivity index (χ1) is 6.70. The summed E-state index contributed by atoms with van der Waals surface area (Å²) in [6, 6.07) is 0. The van der Waals surface area contributed by atoms with Gasteiger partial charge in [-0.1, -0.05) is 17.4 Å². The lowest BCUT2D eigenvalue weighted by Gasteiger charge is -2.10. The van der Waals surface area contributed by atoms with Crippen LogP contribution in [-0.4, -0.2) is 22.6 Å². The van der Waals surface area contributed by atoms with E-state index in [2.05, 4.69) is 16.8 Å². The van der Waals surface area contributed by atoms with Gasteiger partial charge in [-0.2, -0.15) is 0 Å². The standard InChI is InChI=1S/C8H9N3OS2/c1-2-5-3-6(12)11(4-5)7-9-10-8(13)14-7/h2,5H,1,3-4H2,(H,10,13). The Morgan fingerprint density at radius 1 is 1.79 bits per heavy atom. The van der Waals surface area contributed by atoms with E-state index in [9.17, 15) is 4.79 Å². The molecule has 1 amide bonds. The van der Waals surface area contributed by atoms with E-state index in [0.29, 0.717) is 22.1 Å². The van der Waals surface area contributed by atoms with Crippen LogP contribution in [0.4, 0.5) is 5.13 Å². The highest BCUT2D eigenvalue weighted by Gasteiger charge is 2.30. The van der Waals surface area contributed by atoms with Crippen LogP contribution in [0.15, 0.2) is 12.7 Å². The molecule has 1 aliphatic heterocycles. The first-order valence-corrected chi connectivity index (χ1v) is 5.41. The molecule has 1 aromatic rings. The number of nitrogens with one attached hydrogen (secondary N) is 1. The Labute approximate surface area is 90.3 Å². The molecule has 1 N–H and O–H groups in total. The Hall–Kier alpha value is -1.01. The number of carbonyl (C=O) groups excluding carboxylic acids is 1. The van der Waals surface area contributed by atoms with Gasteiger partial charge in [-0.3, -0.25) is 14.8 Å². The fourth-order valence-electron chi connectivity index (χ4n) is 1.42.